The zero-order chi connectivity index (χ0) is 19.4. The summed E-state index contributed by atoms with van der Waals surface area (Å²) in [6.07, 6.45) is 0. The van der Waals surface area contributed by atoms with E-state index in [1.165, 1.54) is 34.0 Å². The molecule has 1 aromatic heterocycles. The number of carbonyl (C=O) groups excluding carboxylic acids is 1. The monoisotopic (exact) mass is 380 g/mol. The lowest BCUT2D eigenvalue weighted by molar-refractivity contribution is -0.127. The van der Waals surface area contributed by atoms with Crippen molar-refractivity contribution in [3.8, 4) is 11.4 Å². The Hall–Kier alpha value is -2.60. The first-order valence-electron chi connectivity index (χ1n) is 8.84. The highest BCUT2D eigenvalue weighted by Crippen LogP contribution is 2.20. The molecule has 0 fully saturated rings. The second-order valence-electron chi connectivity index (χ2n) is 6.80. The number of hydrogen-bond acceptors (Lipinski definition) is 4. The summed E-state index contributed by atoms with van der Waals surface area (Å²) in [5.41, 5.74) is 5.79. The molecule has 140 valence electrons. The number of nitrogens with one attached hydrogen (secondary N) is 1. The number of rotatable bonds is 6. The molecular weight excluding hydrogens is 356 g/mol. The Morgan fingerprint density at radius 3 is 2.48 bits per heavy atom. The number of aryl methyl sites for hydroxylation is 3. The van der Waals surface area contributed by atoms with Crippen molar-refractivity contribution < 1.29 is 4.79 Å². The SMILES string of the molecule is Cc1ccc(-c2nc(SCC(=O)N(C)Cc3ccc(C)cc3C)n[nH]2)cc1. The van der Waals surface area contributed by atoms with Crippen LogP contribution in [-0.4, -0.2) is 38.8 Å². The Labute approximate surface area is 164 Å². The summed E-state index contributed by atoms with van der Waals surface area (Å²) in [5, 5.41) is 7.73. The van der Waals surface area contributed by atoms with Crippen molar-refractivity contribution in [2.24, 2.45) is 0 Å². The highest BCUT2D eigenvalue weighted by Gasteiger charge is 2.13. The van der Waals surface area contributed by atoms with Crippen LogP contribution >= 0.6 is 11.8 Å². The molecule has 0 radical (unpaired) electrons. The summed E-state index contributed by atoms with van der Waals surface area (Å²) in [6.45, 7) is 6.81. The third-order valence-corrected chi connectivity index (χ3v) is 5.28. The molecule has 0 unspecified atom stereocenters. The number of aromatic amines is 1. The number of carbonyl (C=O) groups is 1. The van der Waals surface area contributed by atoms with Crippen molar-refractivity contribution in [1.29, 1.82) is 0 Å². The van der Waals surface area contributed by atoms with Crippen LogP contribution in [0, 0.1) is 20.8 Å². The smallest absolute Gasteiger partial charge is 0.233 e. The van der Waals surface area contributed by atoms with E-state index >= 15 is 0 Å². The molecule has 0 atom stereocenters. The van der Waals surface area contributed by atoms with E-state index < -0.39 is 0 Å². The maximum absolute atomic E-state index is 12.5. The van der Waals surface area contributed by atoms with Gasteiger partial charge in [0.2, 0.25) is 11.1 Å². The van der Waals surface area contributed by atoms with Crippen LogP contribution in [-0.2, 0) is 11.3 Å². The Bertz CT molecular complexity index is 934. The molecule has 0 aliphatic carbocycles. The van der Waals surface area contributed by atoms with Crippen LogP contribution in [0.25, 0.3) is 11.4 Å². The minimum absolute atomic E-state index is 0.0571. The summed E-state index contributed by atoms with van der Waals surface area (Å²) in [6, 6.07) is 14.4. The molecule has 0 bridgehead atoms. The average molecular weight is 381 g/mol. The maximum atomic E-state index is 12.5. The standard InChI is InChI=1S/C21H24N4OS/c1-14-5-8-17(9-6-14)20-22-21(24-23-20)27-13-19(26)25(4)12-18-10-7-15(2)11-16(18)3/h5-11H,12-13H2,1-4H3,(H,22,23,24). The van der Waals surface area contributed by atoms with E-state index in [-0.39, 0.29) is 5.91 Å². The summed E-state index contributed by atoms with van der Waals surface area (Å²) < 4.78 is 0. The number of amides is 1. The van der Waals surface area contributed by atoms with Gasteiger partial charge in [0.25, 0.3) is 0 Å². The maximum Gasteiger partial charge on any atom is 0.233 e. The second-order valence-corrected chi connectivity index (χ2v) is 7.74. The second kappa shape index (κ2) is 8.39. The first-order valence-corrected chi connectivity index (χ1v) is 9.83. The van der Waals surface area contributed by atoms with Crippen molar-refractivity contribution in [3.63, 3.8) is 0 Å². The minimum atomic E-state index is 0.0571. The van der Waals surface area contributed by atoms with Gasteiger partial charge in [0.1, 0.15) is 0 Å². The molecule has 0 aliphatic rings. The molecule has 3 rings (SSSR count). The predicted octanol–water partition coefficient (Wildman–Crippen LogP) is 4.15. The average Bonchev–Trinajstić information content (AvgIpc) is 3.11. The fourth-order valence-electron chi connectivity index (χ4n) is 2.75. The molecule has 0 aliphatic heterocycles. The first-order chi connectivity index (χ1) is 12.9. The van der Waals surface area contributed by atoms with Gasteiger partial charge in [-0.15, -0.1) is 5.10 Å². The van der Waals surface area contributed by atoms with Crippen LogP contribution in [0.2, 0.25) is 0 Å². The molecule has 0 saturated heterocycles. The zero-order valence-electron chi connectivity index (χ0n) is 16.1. The molecule has 1 N–H and O–H groups in total. The van der Waals surface area contributed by atoms with Gasteiger partial charge in [-0.05, 0) is 31.9 Å². The van der Waals surface area contributed by atoms with Gasteiger partial charge in [0.15, 0.2) is 5.82 Å². The van der Waals surface area contributed by atoms with Crippen molar-refractivity contribution in [2.75, 3.05) is 12.8 Å². The van der Waals surface area contributed by atoms with Crippen molar-refractivity contribution in [3.05, 3.63) is 64.7 Å². The van der Waals surface area contributed by atoms with Crippen LogP contribution in [0.3, 0.4) is 0 Å². The van der Waals surface area contributed by atoms with Gasteiger partial charge in [-0.25, -0.2) is 4.98 Å². The number of thioether (sulfide) groups is 1. The first kappa shape index (κ1) is 19.2. The molecule has 6 heteroatoms. The molecule has 27 heavy (non-hydrogen) atoms. The number of aromatic nitrogens is 3. The number of nitrogens with zero attached hydrogens (tertiary/aromatic N) is 3. The summed E-state index contributed by atoms with van der Waals surface area (Å²) in [5.74, 6) is 1.09. The molecule has 2 aromatic carbocycles. The Kier molecular flexibility index (Phi) is 5.96. The minimum Gasteiger partial charge on any atom is -0.341 e. The summed E-state index contributed by atoms with van der Waals surface area (Å²) in [7, 11) is 1.83. The van der Waals surface area contributed by atoms with E-state index in [1.54, 1.807) is 4.90 Å². The van der Waals surface area contributed by atoms with Gasteiger partial charge >= 0.3 is 0 Å². The van der Waals surface area contributed by atoms with Crippen LogP contribution in [0.1, 0.15) is 22.3 Å². The van der Waals surface area contributed by atoms with Gasteiger partial charge in [-0.3, -0.25) is 9.89 Å². The molecule has 5 nitrogen and oxygen atoms in total. The lowest BCUT2D eigenvalue weighted by atomic mass is 10.1. The van der Waals surface area contributed by atoms with E-state index in [0.29, 0.717) is 23.3 Å². The fraction of sp³-hybridized carbons (Fsp3) is 0.286. The van der Waals surface area contributed by atoms with E-state index in [0.717, 1.165) is 5.56 Å². The predicted molar refractivity (Wildman–Crippen MR) is 110 cm³/mol. The third-order valence-electron chi connectivity index (χ3n) is 4.45. The number of hydrogen-bond donors (Lipinski definition) is 1. The van der Waals surface area contributed by atoms with Crippen LogP contribution < -0.4 is 0 Å². The van der Waals surface area contributed by atoms with Crippen LogP contribution in [0.5, 0.6) is 0 Å². The van der Waals surface area contributed by atoms with E-state index in [9.17, 15) is 4.79 Å². The molecule has 0 saturated carbocycles. The summed E-state index contributed by atoms with van der Waals surface area (Å²) in [4.78, 5) is 18.7. The van der Waals surface area contributed by atoms with Gasteiger partial charge in [0.05, 0.1) is 5.75 Å². The van der Waals surface area contributed by atoms with Gasteiger partial charge in [-0.2, -0.15) is 0 Å². The van der Waals surface area contributed by atoms with E-state index in [2.05, 4.69) is 47.2 Å². The van der Waals surface area contributed by atoms with Gasteiger partial charge in [-0.1, -0.05) is 65.4 Å². The highest BCUT2D eigenvalue weighted by atomic mass is 32.2. The largest absolute Gasteiger partial charge is 0.341 e. The van der Waals surface area contributed by atoms with E-state index in [4.69, 9.17) is 0 Å². The zero-order valence-corrected chi connectivity index (χ0v) is 16.9. The van der Waals surface area contributed by atoms with Crippen LogP contribution in [0.4, 0.5) is 0 Å². The lowest BCUT2D eigenvalue weighted by Gasteiger charge is -2.18. The topological polar surface area (TPSA) is 61.9 Å². The number of benzene rings is 2. The lowest BCUT2D eigenvalue weighted by Crippen LogP contribution is -2.28. The van der Waals surface area contributed by atoms with Gasteiger partial charge in [0, 0.05) is 19.2 Å². The fourth-order valence-corrected chi connectivity index (χ4v) is 3.49. The third kappa shape index (κ3) is 4.98. The Balaban J connectivity index is 1.56. The normalized spacial score (nSPS) is 10.8. The molecule has 0 spiro atoms. The molecule has 3 aromatic rings. The Morgan fingerprint density at radius 2 is 1.78 bits per heavy atom. The summed E-state index contributed by atoms with van der Waals surface area (Å²) >= 11 is 1.35. The highest BCUT2D eigenvalue weighted by molar-refractivity contribution is 7.99. The van der Waals surface area contributed by atoms with E-state index in [1.807, 2.05) is 38.2 Å². The van der Waals surface area contributed by atoms with Crippen molar-refractivity contribution in [2.45, 2.75) is 32.5 Å². The molecular formula is C21H24N4OS. The quantitative estimate of drug-likeness (QED) is 0.653. The molecule has 1 heterocycles. The van der Waals surface area contributed by atoms with Gasteiger partial charge < -0.3 is 4.90 Å². The Morgan fingerprint density at radius 1 is 1.07 bits per heavy atom. The van der Waals surface area contributed by atoms with Crippen molar-refractivity contribution in [1.82, 2.24) is 20.1 Å². The van der Waals surface area contributed by atoms with Crippen molar-refractivity contribution >= 4 is 17.7 Å². The van der Waals surface area contributed by atoms with Crippen LogP contribution in [0.15, 0.2) is 47.6 Å². The molecule has 1 amide bonds. The number of H-pyrrole nitrogens is 1.